The number of halogens is 1. The van der Waals surface area contributed by atoms with Gasteiger partial charge in [-0.3, -0.25) is 9.59 Å². The normalized spacial score (nSPS) is 10.8. The van der Waals surface area contributed by atoms with E-state index in [-0.39, 0.29) is 28.6 Å². The van der Waals surface area contributed by atoms with E-state index >= 15 is 0 Å². The van der Waals surface area contributed by atoms with E-state index in [1.807, 2.05) is 0 Å². The van der Waals surface area contributed by atoms with Gasteiger partial charge in [0.25, 0.3) is 5.91 Å². The smallest absolute Gasteiger partial charge is 0.262 e. The Kier molecular flexibility index (Phi) is 4.87. The molecule has 1 amide bonds. The zero-order valence-corrected chi connectivity index (χ0v) is 15.4. The number of fused-ring (bicyclic) bond motifs is 2. The quantitative estimate of drug-likeness (QED) is 0.516. The highest BCUT2D eigenvalue weighted by Gasteiger charge is 2.12. The van der Waals surface area contributed by atoms with Gasteiger partial charge in [0.2, 0.25) is 5.43 Å². The molecular formula is C22H16FNO5. The molecular weight excluding hydrogens is 377 g/mol. The van der Waals surface area contributed by atoms with Crippen LogP contribution in [0, 0.1) is 5.82 Å². The molecule has 0 fully saturated rings. The second kappa shape index (κ2) is 7.63. The van der Waals surface area contributed by atoms with Gasteiger partial charge in [-0.15, -0.1) is 0 Å². The molecule has 3 aromatic carbocycles. The first-order chi connectivity index (χ1) is 14.0. The molecule has 0 saturated heterocycles. The summed E-state index contributed by atoms with van der Waals surface area (Å²) < 4.78 is 30.0. The van der Waals surface area contributed by atoms with Crippen LogP contribution in [0.15, 0.2) is 69.9 Å². The predicted octanol–water partition coefficient (Wildman–Crippen LogP) is 4.11. The summed E-state index contributed by atoms with van der Waals surface area (Å²) in [6.45, 7) is -0.208. The average Bonchev–Trinajstić information content (AvgIpc) is 2.73. The van der Waals surface area contributed by atoms with Crippen LogP contribution in [0.25, 0.3) is 21.9 Å². The molecule has 1 N–H and O–H groups in total. The fourth-order valence-corrected chi connectivity index (χ4v) is 2.94. The lowest BCUT2D eigenvalue weighted by atomic mass is 10.1. The van der Waals surface area contributed by atoms with Crippen LogP contribution in [-0.2, 0) is 4.79 Å². The zero-order chi connectivity index (χ0) is 20.4. The minimum Gasteiger partial charge on any atom is -0.497 e. The maximum atomic E-state index is 14.0. The third kappa shape index (κ3) is 3.75. The first-order valence-electron chi connectivity index (χ1n) is 8.77. The van der Waals surface area contributed by atoms with Crippen LogP contribution in [0.1, 0.15) is 0 Å². The monoisotopic (exact) mass is 393 g/mol. The van der Waals surface area contributed by atoms with Crippen LogP contribution in [-0.4, -0.2) is 19.6 Å². The molecule has 0 radical (unpaired) electrons. The van der Waals surface area contributed by atoms with Crippen molar-refractivity contribution in [2.24, 2.45) is 0 Å². The minimum atomic E-state index is -0.621. The van der Waals surface area contributed by atoms with Gasteiger partial charge in [-0.25, -0.2) is 4.39 Å². The first-order valence-corrected chi connectivity index (χ1v) is 8.77. The molecule has 0 bridgehead atoms. The van der Waals surface area contributed by atoms with E-state index in [2.05, 4.69) is 5.32 Å². The molecule has 7 heteroatoms. The lowest BCUT2D eigenvalue weighted by Gasteiger charge is -2.09. The number of rotatable bonds is 5. The molecule has 0 spiro atoms. The van der Waals surface area contributed by atoms with Crippen molar-refractivity contribution in [2.75, 3.05) is 19.0 Å². The van der Waals surface area contributed by atoms with Crippen molar-refractivity contribution in [1.29, 1.82) is 0 Å². The number of para-hydroxylation sites is 1. The van der Waals surface area contributed by atoms with Gasteiger partial charge in [0.05, 0.1) is 17.9 Å². The van der Waals surface area contributed by atoms with Crippen molar-refractivity contribution in [3.05, 3.63) is 76.7 Å². The number of carbonyl (C=O) groups excluding carboxylic acids is 1. The third-order valence-electron chi connectivity index (χ3n) is 4.36. The Morgan fingerprint density at radius 3 is 2.55 bits per heavy atom. The molecule has 4 aromatic rings. The number of carbonyl (C=O) groups is 1. The summed E-state index contributed by atoms with van der Waals surface area (Å²) in [6, 6.07) is 15.6. The Morgan fingerprint density at radius 2 is 1.79 bits per heavy atom. The number of hydrogen-bond acceptors (Lipinski definition) is 5. The number of benzene rings is 3. The molecule has 4 rings (SSSR count). The number of amides is 1. The van der Waals surface area contributed by atoms with E-state index in [0.29, 0.717) is 22.6 Å². The van der Waals surface area contributed by atoms with E-state index in [0.717, 1.165) is 0 Å². The van der Waals surface area contributed by atoms with Crippen LogP contribution in [0.2, 0.25) is 0 Å². The van der Waals surface area contributed by atoms with Crippen molar-refractivity contribution in [1.82, 2.24) is 0 Å². The third-order valence-corrected chi connectivity index (χ3v) is 4.36. The zero-order valence-electron chi connectivity index (χ0n) is 15.4. The summed E-state index contributed by atoms with van der Waals surface area (Å²) in [5, 5.41) is 3.13. The Labute approximate surface area is 164 Å². The van der Waals surface area contributed by atoms with Crippen LogP contribution in [0.4, 0.5) is 10.1 Å². The molecule has 6 nitrogen and oxygen atoms in total. The molecule has 0 aliphatic heterocycles. The molecule has 146 valence electrons. The molecule has 0 atom stereocenters. The number of methoxy groups -OCH3 is 1. The van der Waals surface area contributed by atoms with E-state index in [1.165, 1.54) is 30.3 Å². The Hall–Kier alpha value is -3.87. The number of nitrogens with one attached hydrogen (secondary N) is 1. The molecule has 0 aliphatic rings. The van der Waals surface area contributed by atoms with Crippen molar-refractivity contribution >= 4 is 33.5 Å². The molecule has 29 heavy (non-hydrogen) atoms. The number of anilines is 1. The van der Waals surface area contributed by atoms with Crippen molar-refractivity contribution in [3.8, 4) is 11.5 Å². The average molecular weight is 393 g/mol. The van der Waals surface area contributed by atoms with Gasteiger partial charge < -0.3 is 19.2 Å². The SMILES string of the molecule is COc1ccc(OCC(=O)Nc2ccc3c(=O)c4cccc(F)c4oc3c2)cc1. The van der Waals surface area contributed by atoms with E-state index < -0.39 is 11.7 Å². The molecule has 0 unspecified atom stereocenters. The minimum absolute atomic E-state index is 0.115. The molecule has 0 aliphatic carbocycles. The molecule has 1 heterocycles. The summed E-state index contributed by atoms with van der Waals surface area (Å²) in [5.74, 6) is 0.189. The number of hydrogen-bond donors (Lipinski definition) is 1. The van der Waals surface area contributed by atoms with Gasteiger partial charge in [-0.05, 0) is 48.5 Å². The first kappa shape index (κ1) is 18.5. The Bertz CT molecular complexity index is 1260. The van der Waals surface area contributed by atoms with Crippen LogP contribution >= 0.6 is 0 Å². The van der Waals surface area contributed by atoms with E-state index in [9.17, 15) is 14.0 Å². The Balaban J connectivity index is 1.53. The topological polar surface area (TPSA) is 77.8 Å². The van der Waals surface area contributed by atoms with Gasteiger partial charge in [0.15, 0.2) is 18.0 Å². The van der Waals surface area contributed by atoms with E-state index in [4.69, 9.17) is 13.9 Å². The van der Waals surface area contributed by atoms with Crippen molar-refractivity contribution in [3.63, 3.8) is 0 Å². The second-order valence-corrected chi connectivity index (χ2v) is 6.27. The van der Waals surface area contributed by atoms with Gasteiger partial charge >= 0.3 is 0 Å². The van der Waals surface area contributed by atoms with Crippen LogP contribution in [0.3, 0.4) is 0 Å². The largest absolute Gasteiger partial charge is 0.497 e. The summed E-state index contributed by atoms with van der Waals surface area (Å²) in [4.78, 5) is 24.7. The lowest BCUT2D eigenvalue weighted by molar-refractivity contribution is -0.118. The summed E-state index contributed by atoms with van der Waals surface area (Å²) in [7, 11) is 1.56. The van der Waals surface area contributed by atoms with Gasteiger partial charge in [-0.1, -0.05) is 6.07 Å². The highest BCUT2D eigenvalue weighted by Crippen LogP contribution is 2.23. The van der Waals surface area contributed by atoms with Crippen molar-refractivity contribution < 1.29 is 23.1 Å². The van der Waals surface area contributed by atoms with Gasteiger partial charge in [-0.2, -0.15) is 0 Å². The van der Waals surface area contributed by atoms with Gasteiger partial charge in [0.1, 0.15) is 17.1 Å². The maximum absolute atomic E-state index is 14.0. The molecule has 1 aromatic heterocycles. The van der Waals surface area contributed by atoms with Crippen LogP contribution < -0.4 is 20.2 Å². The second-order valence-electron chi connectivity index (χ2n) is 6.27. The lowest BCUT2D eigenvalue weighted by Crippen LogP contribution is -2.20. The fraction of sp³-hybridized carbons (Fsp3) is 0.0909. The van der Waals surface area contributed by atoms with Gasteiger partial charge in [0, 0.05) is 11.8 Å². The maximum Gasteiger partial charge on any atom is 0.262 e. The highest BCUT2D eigenvalue weighted by atomic mass is 19.1. The highest BCUT2D eigenvalue weighted by molar-refractivity contribution is 5.96. The summed E-state index contributed by atoms with van der Waals surface area (Å²) in [5.41, 5.74) is 0.138. The number of ether oxygens (including phenoxy) is 2. The fourth-order valence-electron chi connectivity index (χ4n) is 2.94. The van der Waals surface area contributed by atoms with E-state index in [1.54, 1.807) is 37.4 Å². The summed E-state index contributed by atoms with van der Waals surface area (Å²) in [6.07, 6.45) is 0. The predicted molar refractivity (Wildman–Crippen MR) is 107 cm³/mol. The van der Waals surface area contributed by atoms with Crippen LogP contribution in [0.5, 0.6) is 11.5 Å². The molecule has 0 saturated carbocycles. The standard InChI is InChI=1S/C22H16FNO5/c1-27-14-6-8-15(9-7-14)28-12-20(25)24-13-5-10-16-19(11-13)29-22-17(21(16)26)3-2-4-18(22)23/h2-11H,12H2,1H3,(H,24,25). The van der Waals surface area contributed by atoms with Crippen molar-refractivity contribution in [2.45, 2.75) is 0 Å². The summed E-state index contributed by atoms with van der Waals surface area (Å²) >= 11 is 0. The Morgan fingerprint density at radius 1 is 1.03 bits per heavy atom.